The first-order valence-electron chi connectivity index (χ1n) is 8.31. The first kappa shape index (κ1) is 23.9. The van der Waals surface area contributed by atoms with Gasteiger partial charge in [0.15, 0.2) is 0 Å². The Morgan fingerprint density at radius 2 is 1.36 bits per heavy atom. The van der Waals surface area contributed by atoms with Crippen LogP contribution in [0.1, 0.15) is 17.5 Å². The highest BCUT2D eigenvalue weighted by molar-refractivity contribution is 7.86. The lowest BCUT2D eigenvalue weighted by molar-refractivity contribution is 0.299. The van der Waals surface area contributed by atoms with E-state index in [0.717, 1.165) is 17.4 Å². The van der Waals surface area contributed by atoms with Gasteiger partial charge in [-0.1, -0.05) is 24.3 Å². The summed E-state index contributed by atoms with van der Waals surface area (Å²) < 4.78 is 55.9. The van der Waals surface area contributed by atoms with Crippen LogP contribution < -0.4 is 4.18 Å². The number of phenolic OH excluding ortho intramolecular Hbond substituents is 1. The Morgan fingerprint density at radius 1 is 0.857 bits per heavy atom. The molecule has 2 aromatic carbocycles. The molecule has 0 saturated carbocycles. The molecule has 0 atom stereocenters. The van der Waals surface area contributed by atoms with Gasteiger partial charge in [-0.2, -0.15) is 16.8 Å². The Hall–Kier alpha value is -2.14. The maximum atomic E-state index is 10.9. The standard InChI is InChI=1S/C10H14O6S2.C8H10O2/c1-17(11,12)16-10-6-4-9(5-7-10)3-2-8-18(13,14)15;9-6-5-7-1-3-8(10)4-2-7/h4-7H,2-3,8H2,1H3,(H,13,14,15);1-4,9-10H,5-6H2. The smallest absolute Gasteiger partial charge is 0.306 e. The van der Waals surface area contributed by atoms with Crippen LogP contribution >= 0.6 is 0 Å². The molecular formula is C18H24O8S2. The summed E-state index contributed by atoms with van der Waals surface area (Å²) in [6, 6.07) is 13.1. The predicted molar refractivity (Wildman–Crippen MR) is 106 cm³/mol. The first-order valence-corrected chi connectivity index (χ1v) is 11.7. The second-order valence-electron chi connectivity index (χ2n) is 5.96. The number of rotatable bonds is 8. The number of phenols is 1. The summed E-state index contributed by atoms with van der Waals surface area (Å²) in [6.45, 7) is 0.158. The molecule has 0 amide bonds. The monoisotopic (exact) mass is 432 g/mol. The van der Waals surface area contributed by atoms with E-state index in [4.69, 9.17) is 14.8 Å². The number of aliphatic hydroxyl groups excluding tert-OH is 1. The van der Waals surface area contributed by atoms with Crippen molar-refractivity contribution >= 4 is 20.2 Å². The van der Waals surface area contributed by atoms with Gasteiger partial charge in [0.25, 0.3) is 10.1 Å². The van der Waals surface area contributed by atoms with Crippen LogP contribution in [0.3, 0.4) is 0 Å². The van der Waals surface area contributed by atoms with E-state index in [9.17, 15) is 16.8 Å². The number of aryl methyl sites for hydroxylation is 1. The Balaban J connectivity index is 0.000000330. The lowest BCUT2D eigenvalue weighted by Gasteiger charge is -2.04. The highest BCUT2D eigenvalue weighted by atomic mass is 32.2. The average molecular weight is 433 g/mol. The van der Waals surface area contributed by atoms with Gasteiger partial charge in [0.1, 0.15) is 11.5 Å². The van der Waals surface area contributed by atoms with Crippen molar-refractivity contribution in [3.05, 3.63) is 59.7 Å². The molecule has 2 aromatic rings. The molecule has 0 unspecified atom stereocenters. The van der Waals surface area contributed by atoms with Crippen molar-refractivity contribution in [1.82, 2.24) is 0 Å². The van der Waals surface area contributed by atoms with Gasteiger partial charge in [-0.3, -0.25) is 4.55 Å². The molecule has 28 heavy (non-hydrogen) atoms. The van der Waals surface area contributed by atoms with Crippen molar-refractivity contribution in [2.45, 2.75) is 19.3 Å². The molecule has 8 nitrogen and oxygen atoms in total. The third-order valence-corrected chi connectivity index (χ3v) is 4.68. The number of hydrogen-bond acceptors (Lipinski definition) is 7. The molecule has 0 radical (unpaired) electrons. The molecule has 156 valence electrons. The molecular weight excluding hydrogens is 408 g/mol. The minimum Gasteiger partial charge on any atom is -0.508 e. The molecule has 0 saturated heterocycles. The summed E-state index contributed by atoms with van der Waals surface area (Å²) in [5.41, 5.74) is 1.87. The zero-order chi connectivity index (χ0) is 21.2. The van der Waals surface area contributed by atoms with E-state index in [0.29, 0.717) is 19.3 Å². The van der Waals surface area contributed by atoms with Crippen molar-refractivity contribution < 1.29 is 35.8 Å². The van der Waals surface area contributed by atoms with Crippen LogP contribution in [0.4, 0.5) is 0 Å². The molecule has 0 aliphatic rings. The molecule has 0 aliphatic heterocycles. The Kier molecular flexibility index (Phi) is 9.39. The molecule has 0 spiro atoms. The van der Waals surface area contributed by atoms with E-state index in [-0.39, 0.29) is 23.9 Å². The van der Waals surface area contributed by atoms with Gasteiger partial charge in [0.2, 0.25) is 0 Å². The third-order valence-electron chi connectivity index (χ3n) is 3.38. The molecule has 0 fully saturated rings. The second kappa shape index (κ2) is 11.0. The van der Waals surface area contributed by atoms with Crippen LogP contribution in [0.2, 0.25) is 0 Å². The van der Waals surface area contributed by atoms with E-state index >= 15 is 0 Å². The summed E-state index contributed by atoms with van der Waals surface area (Å²) in [7, 11) is -7.47. The minimum absolute atomic E-state index is 0.158. The predicted octanol–water partition coefficient (Wildman–Crippen LogP) is 1.77. The van der Waals surface area contributed by atoms with E-state index in [1.54, 1.807) is 36.4 Å². The summed E-state index contributed by atoms with van der Waals surface area (Å²) in [4.78, 5) is 0. The Labute approximate surface area is 165 Å². The van der Waals surface area contributed by atoms with Crippen LogP contribution in [0.25, 0.3) is 0 Å². The van der Waals surface area contributed by atoms with Crippen molar-refractivity contribution in [1.29, 1.82) is 0 Å². The maximum Gasteiger partial charge on any atom is 0.306 e. The van der Waals surface area contributed by atoms with Gasteiger partial charge in [-0.05, 0) is 54.7 Å². The highest BCUT2D eigenvalue weighted by Gasteiger charge is 2.06. The van der Waals surface area contributed by atoms with Crippen molar-refractivity contribution in [3.8, 4) is 11.5 Å². The molecule has 10 heteroatoms. The Bertz CT molecular complexity index is 919. The number of hydrogen-bond donors (Lipinski definition) is 3. The van der Waals surface area contributed by atoms with Crippen LogP contribution in [0, 0.1) is 0 Å². The summed E-state index contributed by atoms with van der Waals surface area (Å²) in [5, 5.41) is 17.4. The molecule has 3 N–H and O–H groups in total. The fourth-order valence-electron chi connectivity index (χ4n) is 2.14. The zero-order valence-electron chi connectivity index (χ0n) is 15.4. The maximum absolute atomic E-state index is 10.9. The SMILES string of the molecule is CS(=O)(=O)Oc1ccc(CCCS(=O)(=O)O)cc1.OCCc1ccc(O)cc1. The van der Waals surface area contributed by atoms with Crippen LogP contribution in [0.5, 0.6) is 11.5 Å². The number of aromatic hydroxyl groups is 1. The van der Waals surface area contributed by atoms with E-state index < -0.39 is 20.2 Å². The summed E-state index contributed by atoms with van der Waals surface area (Å²) >= 11 is 0. The van der Waals surface area contributed by atoms with E-state index in [2.05, 4.69) is 4.18 Å². The van der Waals surface area contributed by atoms with Gasteiger partial charge < -0.3 is 14.4 Å². The number of benzene rings is 2. The molecule has 2 rings (SSSR count). The lowest BCUT2D eigenvalue weighted by Crippen LogP contribution is -2.06. The normalized spacial score (nSPS) is 11.4. The summed E-state index contributed by atoms with van der Waals surface area (Å²) in [6.07, 6.45) is 2.37. The topological polar surface area (TPSA) is 138 Å². The molecule has 0 heterocycles. The molecule has 0 aromatic heterocycles. The fourth-order valence-corrected chi connectivity index (χ4v) is 3.11. The largest absolute Gasteiger partial charge is 0.508 e. The highest BCUT2D eigenvalue weighted by Crippen LogP contribution is 2.15. The number of aliphatic hydroxyl groups is 1. The lowest BCUT2D eigenvalue weighted by atomic mass is 10.1. The summed E-state index contributed by atoms with van der Waals surface area (Å²) in [5.74, 6) is 0.173. The van der Waals surface area contributed by atoms with Crippen LogP contribution in [0.15, 0.2) is 48.5 Å². The van der Waals surface area contributed by atoms with Crippen molar-refractivity contribution in [3.63, 3.8) is 0 Å². The van der Waals surface area contributed by atoms with Crippen LogP contribution in [-0.2, 0) is 33.1 Å². The molecule has 0 bridgehead atoms. The quantitative estimate of drug-likeness (QED) is 0.424. The van der Waals surface area contributed by atoms with E-state index in [1.807, 2.05) is 0 Å². The van der Waals surface area contributed by atoms with Gasteiger partial charge >= 0.3 is 10.1 Å². The van der Waals surface area contributed by atoms with E-state index in [1.165, 1.54) is 12.1 Å². The third kappa shape index (κ3) is 11.5. The minimum atomic E-state index is -3.93. The van der Waals surface area contributed by atoms with Gasteiger partial charge in [0.05, 0.1) is 12.0 Å². The zero-order valence-corrected chi connectivity index (χ0v) is 17.0. The average Bonchev–Trinajstić information content (AvgIpc) is 2.57. The van der Waals surface area contributed by atoms with Crippen molar-refractivity contribution in [2.24, 2.45) is 0 Å². The first-order chi connectivity index (χ1) is 13.0. The second-order valence-corrected chi connectivity index (χ2v) is 9.11. The van der Waals surface area contributed by atoms with Gasteiger partial charge in [-0.25, -0.2) is 0 Å². The molecule has 0 aliphatic carbocycles. The van der Waals surface area contributed by atoms with Crippen molar-refractivity contribution in [2.75, 3.05) is 18.6 Å². The van der Waals surface area contributed by atoms with Gasteiger partial charge in [-0.15, -0.1) is 0 Å². The van der Waals surface area contributed by atoms with Crippen LogP contribution in [-0.4, -0.2) is 50.2 Å². The van der Waals surface area contributed by atoms with Gasteiger partial charge in [0, 0.05) is 6.61 Å². The fraction of sp³-hybridized carbons (Fsp3) is 0.333. The Morgan fingerprint density at radius 3 is 1.82 bits per heavy atom.